The summed E-state index contributed by atoms with van der Waals surface area (Å²) in [5.74, 6) is 0. The molecule has 1 heterocycles. The molecule has 17 heavy (non-hydrogen) atoms. The minimum atomic E-state index is -0.313. The van der Waals surface area contributed by atoms with Crippen LogP contribution in [0.4, 0.5) is 0 Å². The molecule has 2 rings (SSSR count). The van der Waals surface area contributed by atoms with Crippen LogP contribution in [0.2, 0.25) is 0 Å². The van der Waals surface area contributed by atoms with Crippen LogP contribution in [-0.4, -0.2) is 33.9 Å². The summed E-state index contributed by atoms with van der Waals surface area (Å²) in [6, 6.07) is 8.16. The van der Waals surface area contributed by atoms with Gasteiger partial charge >= 0.3 is 0 Å². The van der Waals surface area contributed by atoms with Gasteiger partial charge in [-0.15, -0.1) is 0 Å². The second-order valence-electron chi connectivity index (χ2n) is 4.04. The molecule has 1 aromatic rings. The molecular weight excluding hydrogens is 218 g/mol. The van der Waals surface area contributed by atoms with Gasteiger partial charge in [-0.3, -0.25) is 0 Å². The van der Waals surface area contributed by atoms with Crippen molar-refractivity contribution in [1.82, 2.24) is 5.32 Å². The van der Waals surface area contributed by atoms with Gasteiger partial charge in [0.25, 0.3) is 0 Å². The number of methoxy groups -OCH3 is 2. The first kappa shape index (κ1) is 12.5. The Morgan fingerprint density at radius 2 is 2.18 bits per heavy atom. The fourth-order valence-corrected chi connectivity index (χ4v) is 2.05. The van der Waals surface area contributed by atoms with Crippen molar-refractivity contribution in [2.24, 2.45) is 0 Å². The molecule has 94 valence electrons. The van der Waals surface area contributed by atoms with Crippen LogP contribution in [0.5, 0.6) is 0 Å². The molecular formula is C13H19NO3. The summed E-state index contributed by atoms with van der Waals surface area (Å²) >= 11 is 0. The van der Waals surface area contributed by atoms with Gasteiger partial charge in [-0.2, -0.15) is 0 Å². The van der Waals surface area contributed by atoms with Gasteiger partial charge < -0.3 is 19.5 Å². The van der Waals surface area contributed by atoms with Crippen LogP contribution in [0.1, 0.15) is 23.5 Å². The topological polar surface area (TPSA) is 39.7 Å². The van der Waals surface area contributed by atoms with E-state index in [0.717, 1.165) is 30.8 Å². The lowest BCUT2D eigenvalue weighted by molar-refractivity contribution is -0.106. The number of hydrogen-bond acceptors (Lipinski definition) is 4. The van der Waals surface area contributed by atoms with E-state index in [9.17, 15) is 0 Å². The maximum atomic E-state index is 5.72. The van der Waals surface area contributed by atoms with Crippen molar-refractivity contribution in [2.45, 2.75) is 12.4 Å². The summed E-state index contributed by atoms with van der Waals surface area (Å²) in [5, 5.41) is 3.32. The highest BCUT2D eigenvalue weighted by molar-refractivity contribution is 5.26. The first-order valence-corrected chi connectivity index (χ1v) is 5.83. The molecule has 1 aliphatic rings. The molecule has 4 nitrogen and oxygen atoms in total. The van der Waals surface area contributed by atoms with Gasteiger partial charge in [-0.25, -0.2) is 0 Å². The minimum absolute atomic E-state index is 0.123. The second kappa shape index (κ2) is 6.12. The van der Waals surface area contributed by atoms with Gasteiger partial charge in [-0.05, 0) is 11.6 Å². The van der Waals surface area contributed by atoms with E-state index in [1.54, 1.807) is 14.2 Å². The maximum Gasteiger partial charge on any atom is 0.183 e. The molecule has 1 saturated heterocycles. The lowest BCUT2D eigenvalue weighted by atomic mass is 10.0. The Hall–Kier alpha value is -0.940. The highest BCUT2D eigenvalue weighted by atomic mass is 16.7. The molecule has 1 N–H and O–H groups in total. The average molecular weight is 237 g/mol. The van der Waals surface area contributed by atoms with E-state index in [-0.39, 0.29) is 12.4 Å². The summed E-state index contributed by atoms with van der Waals surface area (Å²) in [6.07, 6.45) is -0.190. The van der Waals surface area contributed by atoms with Crippen LogP contribution >= 0.6 is 0 Å². The van der Waals surface area contributed by atoms with Gasteiger partial charge in [0.15, 0.2) is 6.29 Å². The number of rotatable bonds is 4. The third-order valence-electron chi connectivity index (χ3n) is 2.91. The molecule has 0 aromatic heterocycles. The lowest BCUT2D eigenvalue weighted by Crippen LogP contribution is -2.33. The fourth-order valence-electron chi connectivity index (χ4n) is 2.05. The maximum absolute atomic E-state index is 5.72. The molecule has 0 radical (unpaired) electrons. The first-order valence-electron chi connectivity index (χ1n) is 5.83. The van der Waals surface area contributed by atoms with E-state index in [1.165, 1.54) is 0 Å². The van der Waals surface area contributed by atoms with Crippen LogP contribution in [0.15, 0.2) is 24.3 Å². The van der Waals surface area contributed by atoms with Crippen LogP contribution in [-0.2, 0) is 14.2 Å². The van der Waals surface area contributed by atoms with Gasteiger partial charge in [0, 0.05) is 32.9 Å². The van der Waals surface area contributed by atoms with Crippen LogP contribution < -0.4 is 5.32 Å². The SMILES string of the molecule is COC(OC)c1cccc(C2CNCCO2)c1. The standard InChI is InChI=1S/C13H19NO3/c1-15-13(16-2)11-5-3-4-10(8-11)12-9-14-6-7-17-12/h3-5,8,12-14H,6-7,9H2,1-2H3. The molecule has 1 aliphatic heterocycles. The zero-order valence-electron chi connectivity index (χ0n) is 10.3. The highest BCUT2D eigenvalue weighted by Gasteiger charge is 2.17. The normalized spacial score (nSPS) is 20.8. The average Bonchev–Trinajstić information content (AvgIpc) is 2.42. The fraction of sp³-hybridized carbons (Fsp3) is 0.538. The van der Waals surface area contributed by atoms with E-state index in [4.69, 9.17) is 14.2 Å². The van der Waals surface area contributed by atoms with Gasteiger partial charge in [0.05, 0.1) is 12.7 Å². The molecule has 0 spiro atoms. The Morgan fingerprint density at radius 1 is 1.35 bits per heavy atom. The molecule has 0 amide bonds. The summed E-state index contributed by atoms with van der Waals surface area (Å²) in [4.78, 5) is 0. The Balaban J connectivity index is 2.15. The van der Waals surface area contributed by atoms with Crippen LogP contribution in [0, 0.1) is 0 Å². The molecule has 0 bridgehead atoms. The molecule has 1 aromatic carbocycles. The first-order chi connectivity index (χ1) is 8.35. The summed E-state index contributed by atoms with van der Waals surface area (Å²) < 4.78 is 16.2. The van der Waals surface area contributed by atoms with E-state index < -0.39 is 0 Å². The van der Waals surface area contributed by atoms with Gasteiger partial charge in [-0.1, -0.05) is 18.2 Å². The van der Waals surface area contributed by atoms with E-state index in [2.05, 4.69) is 17.4 Å². The number of morpholine rings is 1. The minimum Gasteiger partial charge on any atom is -0.371 e. The Kier molecular flexibility index (Phi) is 4.50. The quantitative estimate of drug-likeness (QED) is 0.808. The predicted molar refractivity (Wildman–Crippen MR) is 64.8 cm³/mol. The van der Waals surface area contributed by atoms with Gasteiger partial charge in [0.1, 0.15) is 0 Å². The predicted octanol–water partition coefficient (Wildman–Crippen LogP) is 1.64. The summed E-state index contributed by atoms with van der Waals surface area (Å²) in [7, 11) is 3.28. The largest absolute Gasteiger partial charge is 0.371 e. The van der Waals surface area contributed by atoms with E-state index in [0.29, 0.717) is 0 Å². The summed E-state index contributed by atoms with van der Waals surface area (Å²) in [5.41, 5.74) is 2.18. The van der Waals surface area contributed by atoms with E-state index >= 15 is 0 Å². The zero-order valence-corrected chi connectivity index (χ0v) is 10.3. The monoisotopic (exact) mass is 237 g/mol. The van der Waals surface area contributed by atoms with Crippen molar-refractivity contribution in [3.63, 3.8) is 0 Å². The number of benzene rings is 1. The van der Waals surface area contributed by atoms with Crippen molar-refractivity contribution < 1.29 is 14.2 Å². The van der Waals surface area contributed by atoms with Crippen molar-refractivity contribution >= 4 is 0 Å². The zero-order chi connectivity index (χ0) is 12.1. The lowest BCUT2D eigenvalue weighted by Gasteiger charge is -2.25. The molecule has 0 saturated carbocycles. The number of ether oxygens (including phenoxy) is 3. The molecule has 1 atom stereocenters. The second-order valence-corrected chi connectivity index (χ2v) is 4.04. The van der Waals surface area contributed by atoms with Gasteiger partial charge in [0.2, 0.25) is 0 Å². The third kappa shape index (κ3) is 3.04. The Bertz CT molecular complexity index is 346. The van der Waals surface area contributed by atoms with Crippen molar-refractivity contribution in [1.29, 1.82) is 0 Å². The third-order valence-corrected chi connectivity index (χ3v) is 2.91. The van der Waals surface area contributed by atoms with Crippen molar-refractivity contribution in [3.05, 3.63) is 35.4 Å². The van der Waals surface area contributed by atoms with E-state index in [1.807, 2.05) is 12.1 Å². The van der Waals surface area contributed by atoms with Crippen molar-refractivity contribution in [3.8, 4) is 0 Å². The van der Waals surface area contributed by atoms with Crippen LogP contribution in [0.25, 0.3) is 0 Å². The number of nitrogens with one attached hydrogen (secondary N) is 1. The van der Waals surface area contributed by atoms with Crippen molar-refractivity contribution in [2.75, 3.05) is 33.9 Å². The van der Waals surface area contributed by atoms with Crippen LogP contribution in [0.3, 0.4) is 0 Å². The summed E-state index contributed by atoms with van der Waals surface area (Å²) in [6.45, 7) is 2.54. The molecule has 1 unspecified atom stereocenters. The highest BCUT2D eigenvalue weighted by Crippen LogP contribution is 2.24. The Labute approximate surface area is 102 Å². The molecule has 1 fully saturated rings. The smallest absolute Gasteiger partial charge is 0.183 e. The molecule has 4 heteroatoms. The molecule has 0 aliphatic carbocycles. The number of hydrogen-bond donors (Lipinski definition) is 1. The Morgan fingerprint density at radius 3 is 2.82 bits per heavy atom.